The van der Waals surface area contributed by atoms with Crippen LogP contribution < -0.4 is 11.1 Å². The van der Waals surface area contributed by atoms with Crippen molar-refractivity contribution in [3.8, 4) is 0 Å². The first-order valence-electron chi connectivity index (χ1n) is 7.88. The van der Waals surface area contributed by atoms with Gasteiger partial charge in [0, 0.05) is 18.0 Å². The Morgan fingerprint density at radius 2 is 2.19 bits per heavy atom. The SMILES string of the molecule is CCCCC(CC)COCCC(=O)Nc1cccc(N)c1. The van der Waals surface area contributed by atoms with E-state index in [0.29, 0.717) is 24.6 Å². The Morgan fingerprint density at radius 3 is 2.86 bits per heavy atom. The van der Waals surface area contributed by atoms with Crippen molar-refractivity contribution in [2.45, 2.75) is 46.0 Å². The summed E-state index contributed by atoms with van der Waals surface area (Å²) < 4.78 is 5.63. The second-order valence-electron chi connectivity index (χ2n) is 5.42. The van der Waals surface area contributed by atoms with Gasteiger partial charge in [-0.05, 0) is 30.5 Å². The molecule has 0 aliphatic carbocycles. The number of carbonyl (C=O) groups is 1. The van der Waals surface area contributed by atoms with Crippen LogP contribution in [0.3, 0.4) is 0 Å². The van der Waals surface area contributed by atoms with Gasteiger partial charge in [-0.15, -0.1) is 0 Å². The molecule has 118 valence electrons. The van der Waals surface area contributed by atoms with Gasteiger partial charge in [0.25, 0.3) is 0 Å². The fourth-order valence-corrected chi connectivity index (χ4v) is 2.15. The van der Waals surface area contributed by atoms with Gasteiger partial charge in [0.05, 0.1) is 13.0 Å². The van der Waals surface area contributed by atoms with Crippen molar-refractivity contribution in [1.29, 1.82) is 0 Å². The molecule has 0 aliphatic rings. The van der Waals surface area contributed by atoms with E-state index < -0.39 is 0 Å². The van der Waals surface area contributed by atoms with Crippen LogP contribution in [-0.4, -0.2) is 19.1 Å². The third-order valence-corrected chi connectivity index (χ3v) is 3.54. The molecule has 1 amide bonds. The highest BCUT2D eigenvalue weighted by atomic mass is 16.5. The molecule has 1 aromatic carbocycles. The summed E-state index contributed by atoms with van der Waals surface area (Å²) in [6.07, 6.45) is 5.19. The number of ether oxygens (including phenoxy) is 1. The molecule has 0 spiro atoms. The normalized spacial score (nSPS) is 12.1. The summed E-state index contributed by atoms with van der Waals surface area (Å²) in [5, 5.41) is 2.82. The van der Waals surface area contributed by atoms with Gasteiger partial charge in [0.1, 0.15) is 0 Å². The number of nitrogens with one attached hydrogen (secondary N) is 1. The van der Waals surface area contributed by atoms with Gasteiger partial charge in [-0.3, -0.25) is 4.79 Å². The Labute approximate surface area is 128 Å². The van der Waals surface area contributed by atoms with Crippen LogP contribution in [0.1, 0.15) is 46.0 Å². The fourth-order valence-electron chi connectivity index (χ4n) is 2.15. The molecule has 0 saturated carbocycles. The largest absolute Gasteiger partial charge is 0.399 e. The maximum atomic E-state index is 11.8. The van der Waals surface area contributed by atoms with E-state index in [1.165, 1.54) is 19.3 Å². The van der Waals surface area contributed by atoms with Crippen molar-refractivity contribution in [3.63, 3.8) is 0 Å². The number of benzene rings is 1. The van der Waals surface area contributed by atoms with Gasteiger partial charge >= 0.3 is 0 Å². The summed E-state index contributed by atoms with van der Waals surface area (Å²) in [7, 11) is 0. The molecule has 0 aromatic heterocycles. The molecule has 0 fully saturated rings. The fraction of sp³-hybridized carbons (Fsp3) is 0.588. The van der Waals surface area contributed by atoms with Crippen LogP contribution in [0.25, 0.3) is 0 Å². The predicted octanol–water partition coefficient (Wildman–Crippen LogP) is 3.83. The third-order valence-electron chi connectivity index (χ3n) is 3.54. The Kier molecular flexibility index (Phi) is 8.51. The van der Waals surface area contributed by atoms with Gasteiger partial charge in [-0.1, -0.05) is 39.2 Å². The van der Waals surface area contributed by atoms with Crippen molar-refractivity contribution in [2.75, 3.05) is 24.3 Å². The lowest BCUT2D eigenvalue weighted by Gasteiger charge is -2.14. The highest BCUT2D eigenvalue weighted by Crippen LogP contribution is 2.14. The summed E-state index contributed by atoms with van der Waals surface area (Å²) in [5.41, 5.74) is 7.04. The number of unbranched alkanes of at least 4 members (excludes halogenated alkanes) is 1. The van der Waals surface area contributed by atoms with Crippen LogP contribution in [0.15, 0.2) is 24.3 Å². The number of hydrogen-bond donors (Lipinski definition) is 2. The zero-order valence-electron chi connectivity index (χ0n) is 13.2. The third kappa shape index (κ3) is 7.71. The molecule has 4 nitrogen and oxygen atoms in total. The van der Waals surface area contributed by atoms with E-state index in [9.17, 15) is 4.79 Å². The van der Waals surface area contributed by atoms with Gasteiger partial charge < -0.3 is 15.8 Å². The topological polar surface area (TPSA) is 64.3 Å². The lowest BCUT2D eigenvalue weighted by molar-refractivity contribution is -0.117. The number of anilines is 2. The molecule has 21 heavy (non-hydrogen) atoms. The minimum Gasteiger partial charge on any atom is -0.399 e. The van der Waals surface area contributed by atoms with Gasteiger partial charge in [0.15, 0.2) is 0 Å². The van der Waals surface area contributed by atoms with Gasteiger partial charge in [-0.25, -0.2) is 0 Å². The number of rotatable bonds is 10. The van der Waals surface area contributed by atoms with E-state index in [4.69, 9.17) is 10.5 Å². The first-order valence-corrected chi connectivity index (χ1v) is 7.88. The molecule has 0 heterocycles. The molecule has 0 radical (unpaired) electrons. The second-order valence-corrected chi connectivity index (χ2v) is 5.42. The number of hydrogen-bond acceptors (Lipinski definition) is 3. The van der Waals surface area contributed by atoms with Crippen LogP contribution >= 0.6 is 0 Å². The van der Waals surface area contributed by atoms with Crippen molar-refractivity contribution in [1.82, 2.24) is 0 Å². The predicted molar refractivity (Wildman–Crippen MR) is 88.2 cm³/mol. The number of nitrogens with two attached hydrogens (primary N) is 1. The van der Waals surface area contributed by atoms with Crippen molar-refractivity contribution < 1.29 is 9.53 Å². The molecule has 3 N–H and O–H groups in total. The first-order chi connectivity index (χ1) is 10.2. The monoisotopic (exact) mass is 292 g/mol. The summed E-state index contributed by atoms with van der Waals surface area (Å²) in [4.78, 5) is 11.8. The average Bonchev–Trinajstić information content (AvgIpc) is 2.46. The van der Waals surface area contributed by atoms with Crippen LogP contribution in [0.2, 0.25) is 0 Å². The van der Waals surface area contributed by atoms with E-state index in [2.05, 4.69) is 19.2 Å². The molecular formula is C17H28N2O2. The Balaban J connectivity index is 2.18. The maximum Gasteiger partial charge on any atom is 0.226 e. The Hall–Kier alpha value is -1.55. The molecule has 1 rings (SSSR count). The van der Waals surface area contributed by atoms with Gasteiger partial charge in [-0.2, -0.15) is 0 Å². The van der Waals surface area contributed by atoms with Crippen molar-refractivity contribution in [3.05, 3.63) is 24.3 Å². The van der Waals surface area contributed by atoms with E-state index in [-0.39, 0.29) is 5.91 Å². The zero-order valence-corrected chi connectivity index (χ0v) is 13.2. The molecule has 1 atom stereocenters. The minimum absolute atomic E-state index is 0.0396. The lowest BCUT2D eigenvalue weighted by atomic mass is 10.0. The van der Waals surface area contributed by atoms with Crippen molar-refractivity contribution >= 4 is 17.3 Å². The molecule has 1 aromatic rings. The average molecular weight is 292 g/mol. The van der Waals surface area contributed by atoms with Crippen LogP contribution in [0.5, 0.6) is 0 Å². The van der Waals surface area contributed by atoms with E-state index in [1.807, 2.05) is 12.1 Å². The highest BCUT2D eigenvalue weighted by molar-refractivity contribution is 5.91. The molecule has 4 heteroatoms. The van der Waals surface area contributed by atoms with Gasteiger partial charge in [0.2, 0.25) is 5.91 Å². The lowest BCUT2D eigenvalue weighted by Crippen LogP contribution is -2.16. The zero-order chi connectivity index (χ0) is 15.5. The highest BCUT2D eigenvalue weighted by Gasteiger charge is 2.07. The Morgan fingerprint density at radius 1 is 1.38 bits per heavy atom. The van der Waals surface area contributed by atoms with E-state index in [0.717, 1.165) is 18.7 Å². The van der Waals surface area contributed by atoms with E-state index >= 15 is 0 Å². The smallest absolute Gasteiger partial charge is 0.226 e. The molecule has 0 bridgehead atoms. The standard InChI is InChI=1S/C17H28N2O2/c1-3-5-7-14(4-2)13-21-11-10-17(20)19-16-9-6-8-15(18)12-16/h6,8-9,12,14H,3-5,7,10-11,13,18H2,1-2H3,(H,19,20). The van der Waals surface area contributed by atoms with Crippen LogP contribution in [0, 0.1) is 5.92 Å². The number of carbonyl (C=O) groups excluding carboxylic acids is 1. The summed E-state index contributed by atoms with van der Waals surface area (Å²) in [6, 6.07) is 7.19. The summed E-state index contributed by atoms with van der Waals surface area (Å²) >= 11 is 0. The second kappa shape index (κ2) is 10.2. The molecule has 0 aliphatic heterocycles. The Bertz CT molecular complexity index is 421. The summed E-state index contributed by atoms with van der Waals surface area (Å²) in [6.45, 7) is 5.61. The quantitative estimate of drug-likeness (QED) is 0.509. The molecule has 0 saturated heterocycles. The number of amides is 1. The summed E-state index contributed by atoms with van der Waals surface area (Å²) in [5.74, 6) is 0.573. The number of nitrogen functional groups attached to an aromatic ring is 1. The van der Waals surface area contributed by atoms with E-state index in [1.54, 1.807) is 12.1 Å². The first kappa shape index (κ1) is 17.5. The van der Waals surface area contributed by atoms with Crippen LogP contribution in [0.4, 0.5) is 11.4 Å². The maximum absolute atomic E-state index is 11.8. The molecule has 1 unspecified atom stereocenters. The molecular weight excluding hydrogens is 264 g/mol. The minimum atomic E-state index is -0.0396. The van der Waals surface area contributed by atoms with Crippen LogP contribution in [-0.2, 0) is 9.53 Å². The van der Waals surface area contributed by atoms with Crippen molar-refractivity contribution in [2.24, 2.45) is 5.92 Å².